The van der Waals surface area contributed by atoms with Crippen LogP contribution in [0.4, 0.5) is 17.2 Å². The molecule has 0 unspecified atom stereocenters. The van der Waals surface area contributed by atoms with Crippen molar-refractivity contribution < 1.29 is 9.53 Å². The standard InChI is InChI=1S/C22H22BrN5O2/c23-16-2-1-3-17(11-16)26-22-18-10-15-13-28(20(15)12-19(18)24-14-25-22)5-4-21(29)27-6-8-30-9-7-27/h1-3,10-12,14H,4-9,13H2,(H,24,25,26). The van der Waals surface area contributed by atoms with Gasteiger partial charge in [0, 0.05) is 53.8 Å². The van der Waals surface area contributed by atoms with Gasteiger partial charge in [-0.1, -0.05) is 22.0 Å². The van der Waals surface area contributed by atoms with Crippen molar-refractivity contribution in [1.82, 2.24) is 14.9 Å². The van der Waals surface area contributed by atoms with Crippen molar-refractivity contribution in [2.24, 2.45) is 0 Å². The van der Waals surface area contributed by atoms with E-state index in [2.05, 4.69) is 48.2 Å². The van der Waals surface area contributed by atoms with Gasteiger partial charge in [0.05, 0.1) is 18.7 Å². The van der Waals surface area contributed by atoms with E-state index >= 15 is 0 Å². The van der Waals surface area contributed by atoms with Gasteiger partial charge < -0.3 is 19.9 Å². The summed E-state index contributed by atoms with van der Waals surface area (Å²) in [6.45, 7) is 4.24. The number of hydrogen-bond donors (Lipinski definition) is 1. The lowest BCUT2D eigenvalue weighted by Crippen LogP contribution is -2.43. The summed E-state index contributed by atoms with van der Waals surface area (Å²) in [5.74, 6) is 0.997. The second-order valence-corrected chi connectivity index (χ2v) is 8.44. The van der Waals surface area contributed by atoms with E-state index < -0.39 is 0 Å². The van der Waals surface area contributed by atoms with E-state index in [-0.39, 0.29) is 5.91 Å². The van der Waals surface area contributed by atoms with Gasteiger partial charge in [0.15, 0.2) is 0 Å². The zero-order valence-electron chi connectivity index (χ0n) is 16.5. The Morgan fingerprint density at radius 2 is 2.03 bits per heavy atom. The minimum Gasteiger partial charge on any atom is -0.378 e. The first-order valence-electron chi connectivity index (χ1n) is 10.1. The van der Waals surface area contributed by atoms with Crippen molar-refractivity contribution in [1.29, 1.82) is 0 Å². The quantitative estimate of drug-likeness (QED) is 0.616. The molecule has 2 aliphatic heterocycles. The number of benzene rings is 2. The van der Waals surface area contributed by atoms with E-state index in [0.29, 0.717) is 32.7 Å². The van der Waals surface area contributed by atoms with E-state index in [0.717, 1.165) is 45.7 Å². The van der Waals surface area contributed by atoms with Gasteiger partial charge in [-0.2, -0.15) is 0 Å². The number of rotatable bonds is 5. The summed E-state index contributed by atoms with van der Waals surface area (Å²) in [5, 5.41) is 4.39. The predicted molar refractivity (Wildman–Crippen MR) is 120 cm³/mol. The highest BCUT2D eigenvalue weighted by Crippen LogP contribution is 2.38. The van der Waals surface area contributed by atoms with Crippen LogP contribution in [0, 0.1) is 0 Å². The lowest BCUT2D eigenvalue weighted by atomic mass is 10.00. The topological polar surface area (TPSA) is 70.6 Å². The number of aromatic nitrogens is 2. The van der Waals surface area contributed by atoms with E-state index in [1.54, 1.807) is 6.33 Å². The zero-order chi connectivity index (χ0) is 20.5. The fourth-order valence-electron chi connectivity index (χ4n) is 3.96. The maximum Gasteiger partial charge on any atom is 0.224 e. The Hall–Kier alpha value is -2.71. The van der Waals surface area contributed by atoms with Crippen LogP contribution in [-0.2, 0) is 16.1 Å². The second-order valence-electron chi connectivity index (χ2n) is 7.52. The minimum absolute atomic E-state index is 0.204. The molecule has 0 bridgehead atoms. The molecule has 2 aliphatic rings. The molecule has 1 fully saturated rings. The largest absolute Gasteiger partial charge is 0.378 e. The molecule has 0 spiro atoms. The number of nitrogens with one attached hydrogen (secondary N) is 1. The highest BCUT2D eigenvalue weighted by molar-refractivity contribution is 9.10. The van der Waals surface area contributed by atoms with Gasteiger partial charge >= 0.3 is 0 Å². The molecule has 5 rings (SSSR count). The molecule has 0 radical (unpaired) electrons. The molecule has 1 amide bonds. The lowest BCUT2D eigenvalue weighted by molar-refractivity contribution is -0.135. The van der Waals surface area contributed by atoms with Crippen LogP contribution in [0.2, 0.25) is 0 Å². The summed E-state index contributed by atoms with van der Waals surface area (Å²) in [6.07, 6.45) is 2.11. The summed E-state index contributed by atoms with van der Waals surface area (Å²) in [6, 6.07) is 12.3. The third kappa shape index (κ3) is 3.85. The van der Waals surface area contributed by atoms with Crippen molar-refractivity contribution >= 4 is 49.9 Å². The summed E-state index contributed by atoms with van der Waals surface area (Å²) in [5.41, 5.74) is 4.28. The van der Waals surface area contributed by atoms with Crippen LogP contribution < -0.4 is 10.2 Å². The summed E-state index contributed by atoms with van der Waals surface area (Å²) in [7, 11) is 0. The molecule has 1 N–H and O–H groups in total. The van der Waals surface area contributed by atoms with Crippen LogP contribution >= 0.6 is 15.9 Å². The Morgan fingerprint density at radius 3 is 2.87 bits per heavy atom. The highest BCUT2D eigenvalue weighted by Gasteiger charge is 2.26. The van der Waals surface area contributed by atoms with Gasteiger partial charge in [0.25, 0.3) is 0 Å². The number of carbonyl (C=O) groups is 1. The number of nitrogens with zero attached hydrogens (tertiary/aromatic N) is 4. The van der Waals surface area contributed by atoms with E-state index in [1.807, 2.05) is 29.2 Å². The third-order valence-electron chi connectivity index (χ3n) is 5.58. The molecule has 7 nitrogen and oxygen atoms in total. The van der Waals surface area contributed by atoms with Crippen molar-refractivity contribution in [3.05, 3.63) is 52.8 Å². The van der Waals surface area contributed by atoms with Crippen molar-refractivity contribution in [3.8, 4) is 0 Å². The van der Waals surface area contributed by atoms with Crippen LogP contribution in [0.1, 0.15) is 12.0 Å². The van der Waals surface area contributed by atoms with E-state index in [9.17, 15) is 4.79 Å². The maximum atomic E-state index is 12.4. The number of ether oxygens (including phenoxy) is 1. The summed E-state index contributed by atoms with van der Waals surface area (Å²) in [4.78, 5) is 25.5. The highest BCUT2D eigenvalue weighted by atomic mass is 79.9. The summed E-state index contributed by atoms with van der Waals surface area (Å²) < 4.78 is 6.34. The number of anilines is 3. The number of fused-ring (bicyclic) bond motifs is 2. The molecular formula is C22H22BrN5O2. The Bertz CT molecular complexity index is 1100. The van der Waals surface area contributed by atoms with E-state index in [4.69, 9.17) is 4.74 Å². The van der Waals surface area contributed by atoms with Crippen LogP contribution in [0.15, 0.2) is 47.2 Å². The zero-order valence-corrected chi connectivity index (χ0v) is 18.1. The van der Waals surface area contributed by atoms with Gasteiger partial charge in [-0.3, -0.25) is 4.79 Å². The molecule has 1 aromatic heterocycles. The fourth-order valence-corrected chi connectivity index (χ4v) is 4.36. The monoisotopic (exact) mass is 467 g/mol. The van der Waals surface area contributed by atoms with Crippen LogP contribution in [-0.4, -0.2) is 53.6 Å². The Labute approximate surface area is 183 Å². The first kappa shape index (κ1) is 19.3. The van der Waals surface area contributed by atoms with Crippen LogP contribution in [0.5, 0.6) is 0 Å². The van der Waals surface area contributed by atoms with Crippen LogP contribution in [0.25, 0.3) is 10.9 Å². The molecule has 154 valence electrons. The van der Waals surface area contributed by atoms with Crippen molar-refractivity contribution in [3.63, 3.8) is 0 Å². The smallest absolute Gasteiger partial charge is 0.224 e. The van der Waals surface area contributed by atoms with Crippen molar-refractivity contribution in [2.75, 3.05) is 43.1 Å². The number of carbonyl (C=O) groups excluding carboxylic acids is 1. The number of morpholine rings is 1. The van der Waals surface area contributed by atoms with Gasteiger partial charge in [-0.25, -0.2) is 9.97 Å². The fraction of sp³-hybridized carbons (Fsp3) is 0.318. The molecule has 1 saturated heterocycles. The minimum atomic E-state index is 0.204. The first-order chi connectivity index (χ1) is 14.7. The predicted octanol–water partition coefficient (Wildman–Crippen LogP) is 3.70. The van der Waals surface area contributed by atoms with E-state index in [1.165, 1.54) is 5.56 Å². The van der Waals surface area contributed by atoms with Crippen LogP contribution in [0.3, 0.4) is 0 Å². The normalized spacial score (nSPS) is 15.6. The van der Waals surface area contributed by atoms with Gasteiger partial charge in [0.2, 0.25) is 5.91 Å². The molecule has 0 atom stereocenters. The Balaban J connectivity index is 1.31. The van der Waals surface area contributed by atoms with Gasteiger partial charge in [-0.05, 0) is 35.9 Å². The lowest BCUT2D eigenvalue weighted by Gasteiger charge is -2.37. The average molecular weight is 468 g/mol. The SMILES string of the molecule is O=C(CCN1Cc2cc3c(Nc4cccc(Br)c4)ncnc3cc21)N1CCOCC1. The first-order valence-corrected chi connectivity index (χ1v) is 10.9. The molecular weight excluding hydrogens is 446 g/mol. The molecule has 30 heavy (non-hydrogen) atoms. The average Bonchev–Trinajstić information content (AvgIpc) is 2.75. The third-order valence-corrected chi connectivity index (χ3v) is 6.08. The molecule has 0 saturated carbocycles. The van der Waals surface area contributed by atoms with Gasteiger partial charge in [0.1, 0.15) is 12.1 Å². The summed E-state index contributed by atoms with van der Waals surface area (Å²) >= 11 is 3.50. The molecule has 2 aromatic carbocycles. The molecule has 0 aliphatic carbocycles. The molecule has 8 heteroatoms. The number of hydrogen-bond acceptors (Lipinski definition) is 6. The number of halogens is 1. The second kappa shape index (κ2) is 8.20. The molecule has 3 heterocycles. The van der Waals surface area contributed by atoms with Crippen molar-refractivity contribution in [2.45, 2.75) is 13.0 Å². The number of amides is 1. The molecule has 3 aromatic rings. The van der Waals surface area contributed by atoms with Gasteiger partial charge in [-0.15, -0.1) is 0 Å². The maximum absolute atomic E-state index is 12.4. The Morgan fingerprint density at radius 1 is 1.17 bits per heavy atom. The Kier molecular flexibility index (Phi) is 5.26.